The number of hydrogen-bond acceptors (Lipinski definition) is 6. The number of ether oxygens (including phenoxy) is 1. The highest BCUT2D eigenvalue weighted by Gasteiger charge is 2.25. The van der Waals surface area contributed by atoms with Crippen LogP contribution in [0.5, 0.6) is 0 Å². The van der Waals surface area contributed by atoms with E-state index in [9.17, 15) is 14.0 Å². The molecule has 0 aromatic carbocycles. The van der Waals surface area contributed by atoms with Gasteiger partial charge in [-0.25, -0.2) is 9.07 Å². The third-order valence-corrected chi connectivity index (χ3v) is 4.28. The fourth-order valence-electron chi connectivity index (χ4n) is 2.66. The van der Waals surface area contributed by atoms with Gasteiger partial charge in [0.2, 0.25) is 11.8 Å². The number of aromatic nitrogens is 4. The molecule has 0 spiro atoms. The lowest BCUT2D eigenvalue weighted by atomic mass is 10.2. The number of carbonyl (C=O) groups is 2. The Bertz CT molecular complexity index is 821. The molecule has 0 unspecified atom stereocenters. The molecule has 2 aromatic rings. The van der Waals surface area contributed by atoms with Gasteiger partial charge in [-0.3, -0.25) is 14.6 Å². The average molecular weight is 376 g/mol. The molecule has 3 heterocycles. The van der Waals surface area contributed by atoms with E-state index in [2.05, 4.69) is 15.3 Å². The first kappa shape index (κ1) is 18.9. The second-order valence-electron chi connectivity index (χ2n) is 6.45. The molecular formula is C17H21FN6O3. The summed E-state index contributed by atoms with van der Waals surface area (Å²) in [6.07, 6.45) is 1.20. The number of likely N-dealkylation sites (N-methyl/N-ethyl adjacent to an activating group) is 1. The number of pyridine rings is 1. The monoisotopic (exact) mass is 376 g/mol. The number of halogens is 1. The fraction of sp³-hybridized carbons (Fsp3) is 0.471. The van der Waals surface area contributed by atoms with Crippen LogP contribution in [-0.4, -0.2) is 68.8 Å². The molecule has 2 amide bonds. The maximum atomic E-state index is 12.9. The van der Waals surface area contributed by atoms with Crippen LogP contribution in [0.3, 0.4) is 0 Å². The SMILES string of the molecule is CN(C)C(=O)COCc1nnn2c1CN(C(=O)Cc1ccc(F)cn1)CC2. The third kappa shape index (κ3) is 4.64. The van der Waals surface area contributed by atoms with Crippen LogP contribution in [-0.2, 0) is 40.4 Å². The molecule has 1 aliphatic rings. The standard InChI is InChI=1S/C17H21FN6O3/c1-22(2)17(26)11-27-10-14-15-9-23(5-6-24(15)21-20-14)16(25)7-13-4-3-12(18)8-19-13/h3-4,8H,5-7,9-11H2,1-2H3. The lowest BCUT2D eigenvalue weighted by Gasteiger charge is -2.27. The summed E-state index contributed by atoms with van der Waals surface area (Å²) < 4.78 is 20.1. The minimum Gasteiger partial charge on any atom is -0.365 e. The lowest BCUT2D eigenvalue weighted by Crippen LogP contribution is -2.39. The summed E-state index contributed by atoms with van der Waals surface area (Å²) in [6, 6.07) is 2.79. The molecule has 0 bridgehead atoms. The molecule has 1 aliphatic heterocycles. The molecule has 0 saturated carbocycles. The van der Waals surface area contributed by atoms with Crippen LogP contribution >= 0.6 is 0 Å². The van der Waals surface area contributed by atoms with Gasteiger partial charge in [0.1, 0.15) is 18.1 Å². The number of carbonyl (C=O) groups excluding carboxylic acids is 2. The second kappa shape index (κ2) is 8.21. The van der Waals surface area contributed by atoms with Gasteiger partial charge in [0, 0.05) is 26.3 Å². The summed E-state index contributed by atoms with van der Waals surface area (Å²) in [6.45, 7) is 1.50. The second-order valence-corrected chi connectivity index (χ2v) is 6.45. The van der Waals surface area contributed by atoms with Crippen LogP contribution in [0.15, 0.2) is 18.3 Å². The minimum atomic E-state index is -0.434. The Morgan fingerprint density at radius 3 is 2.81 bits per heavy atom. The van der Waals surface area contributed by atoms with Crippen molar-refractivity contribution < 1.29 is 18.7 Å². The van der Waals surface area contributed by atoms with Gasteiger partial charge in [-0.15, -0.1) is 5.10 Å². The largest absolute Gasteiger partial charge is 0.365 e. The molecule has 9 nitrogen and oxygen atoms in total. The van der Waals surface area contributed by atoms with Gasteiger partial charge in [-0.2, -0.15) is 0 Å². The van der Waals surface area contributed by atoms with Gasteiger partial charge >= 0.3 is 0 Å². The molecule has 10 heteroatoms. The summed E-state index contributed by atoms with van der Waals surface area (Å²) in [5, 5.41) is 8.17. The number of nitrogens with zero attached hydrogens (tertiary/aromatic N) is 6. The van der Waals surface area contributed by atoms with E-state index in [1.54, 1.807) is 23.7 Å². The highest BCUT2D eigenvalue weighted by molar-refractivity contribution is 5.78. The van der Waals surface area contributed by atoms with Crippen molar-refractivity contribution in [1.29, 1.82) is 0 Å². The zero-order valence-corrected chi connectivity index (χ0v) is 15.3. The summed E-state index contributed by atoms with van der Waals surface area (Å²) in [5.74, 6) is -0.674. The van der Waals surface area contributed by atoms with E-state index in [0.717, 1.165) is 11.9 Å². The molecule has 0 N–H and O–H groups in total. The first-order chi connectivity index (χ1) is 12.9. The van der Waals surface area contributed by atoms with E-state index in [1.807, 2.05) is 0 Å². The van der Waals surface area contributed by atoms with Crippen LogP contribution in [0.2, 0.25) is 0 Å². The fourth-order valence-corrected chi connectivity index (χ4v) is 2.66. The van der Waals surface area contributed by atoms with Gasteiger partial charge < -0.3 is 14.5 Å². The van der Waals surface area contributed by atoms with Gasteiger partial charge in [0.25, 0.3) is 0 Å². The maximum Gasteiger partial charge on any atom is 0.248 e. The van der Waals surface area contributed by atoms with Gasteiger partial charge in [0.05, 0.1) is 38.0 Å². The highest BCUT2D eigenvalue weighted by atomic mass is 19.1. The summed E-state index contributed by atoms with van der Waals surface area (Å²) in [7, 11) is 3.32. The van der Waals surface area contributed by atoms with Crippen molar-refractivity contribution in [1.82, 2.24) is 29.8 Å². The minimum absolute atomic E-state index is 0.0435. The molecule has 0 atom stereocenters. The predicted molar refractivity (Wildman–Crippen MR) is 91.7 cm³/mol. The van der Waals surface area contributed by atoms with Crippen molar-refractivity contribution in [3.63, 3.8) is 0 Å². The smallest absolute Gasteiger partial charge is 0.248 e. The van der Waals surface area contributed by atoms with Gasteiger partial charge in [0.15, 0.2) is 0 Å². The molecule has 0 aliphatic carbocycles. The number of amides is 2. The van der Waals surface area contributed by atoms with Crippen molar-refractivity contribution in [3.8, 4) is 0 Å². The van der Waals surface area contributed by atoms with Crippen molar-refractivity contribution >= 4 is 11.8 Å². The zero-order chi connectivity index (χ0) is 19.4. The molecule has 0 saturated heterocycles. The topological polar surface area (TPSA) is 93.5 Å². The predicted octanol–water partition coefficient (Wildman–Crippen LogP) is 0.00190. The van der Waals surface area contributed by atoms with Crippen molar-refractivity contribution in [3.05, 3.63) is 41.2 Å². The van der Waals surface area contributed by atoms with Crippen LogP contribution in [0, 0.1) is 5.82 Å². The van der Waals surface area contributed by atoms with Crippen LogP contribution in [0.1, 0.15) is 17.1 Å². The molecular weight excluding hydrogens is 355 g/mol. The van der Waals surface area contributed by atoms with Crippen LogP contribution in [0.25, 0.3) is 0 Å². The average Bonchev–Trinajstić information content (AvgIpc) is 3.05. The Balaban J connectivity index is 1.59. The molecule has 0 radical (unpaired) electrons. The van der Waals surface area contributed by atoms with Gasteiger partial charge in [-0.1, -0.05) is 5.21 Å². The lowest BCUT2D eigenvalue weighted by molar-refractivity contribution is -0.134. The zero-order valence-electron chi connectivity index (χ0n) is 15.3. The van der Waals surface area contributed by atoms with E-state index in [0.29, 0.717) is 31.0 Å². The molecule has 3 rings (SSSR count). The summed E-state index contributed by atoms with van der Waals surface area (Å²) in [5.41, 5.74) is 1.92. The Morgan fingerprint density at radius 1 is 1.30 bits per heavy atom. The van der Waals surface area contributed by atoms with E-state index in [-0.39, 0.29) is 31.4 Å². The summed E-state index contributed by atoms with van der Waals surface area (Å²) >= 11 is 0. The normalized spacial score (nSPS) is 13.4. The summed E-state index contributed by atoms with van der Waals surface area (Å²) in [4.78, 5) is 31.2. The Morgan fingerprint density at radius 2 is 2.11 bits per heavy atom. The van der Waals surface area contributed by atoms with Gasteiger partial charge in [-0.05, 0) is 12.1 Å². The highest BCUT2D eigenvalue weighted by Crippen LogP contribution is 2.16. The Hall–Kier alpha value is -2.88. The third-order valence-electron chi connectivity index (χ3n) is 4.28. The van der Waals surface area contributed by atoms with E-state index in [4.69, 9.17) is 4.74 Å². The molecule has 0 fully saturated rings. The van der Waals surface area contributed by atoms with E-state index < -0.39 is 5.82 Å². The van der Waals surface area contributed by atoms with Crippen LogP contribution in [0.4, 0.5) is 4.39 Å². The Kier molecular flexibility index (Phi) is 5.75. The van der Waals surface area contributed by atoms with Crippen molar-refractivity contribution in [2.24, 2.45) is 0 Å². The molecule has 27 heavy (non-hydrogen) atoms. The van der Waals surface area contributed by atoms with Crippen molar-refractivity contribution in [2.75, 3.05) is 27.2 Å². The first-order valence-electron chi connectivity index (χ1n) is 8.51. The number of hydrogen-bond donors (Lipinski definition) is 0. The van der Waals surface area contributed by atoms with E-state index in [1.165, 1.54) is 17.0 Å². The Labute approximate surface area is 155 Å². The maximum absolute atomic E-state index is 12.9. The quantitative estimate of drug-likeness (QED) is 0.705. The number of fused-ring (bicyclic) bond motifs is 1. The molecule has 144 valence electrons. The van der Waals surface area contributed by atoms with Crippen LogP contribution < -0.4 is 0 Å². The number of rotatable bonds is 6. The first-order valence-corrected chi connectivity index (χ1v) is 8.51. The van der Waals surface area contributed by atoms with E-state index >= 15 is 0 Å². The molecule has 2 aromatic heterocycles. The van der Waals surface area contributed by atoms with Crippen molar-refractivity contribution in [2.45, 2.75) is 26.1 Å².